The smallest absolute Gasteiger partial charge is 0.216 e. The topological polar surface area (TPSA) is 89.2 Å². The molecule has 1 saturated heterocycles. The number of aryl methyl sites for hydroxylation is 1. The molecule has 2 aromatic rings. The third kappa shape index (κ3) is 4.12. The lowest BCUT2D eigenvalue weighted by atomic mass is 10.0. The van der Waals surface area contributed by atoms with Gasteiger partial charge in [0.25, 0.3) is 0 Å². The molecule has 0 radical (unpaired) electrons. The molecule has 8 nitrogen and oxygen atoms in total. The summed E-state index contributed by atoms with van der Waals surface area (Å²) in [6.45, 7) is 5.30. The van der Waals surface area contributed by atoms with E-state index in [2.05, 4.69) is 30.4 Å². The Hall–Kier alpha value is -2.22. The van der Waals surface area contributed by atoms with E-state index >= 15 is 0 Å². The summed E-state index contributed by atoms with van der Waals surface area (Å²) in [6.07, 6.45) is 6.71. The highest BCUT2D eigenvalue weighted by atomic mass is 16.5. The molecule has 2 atom stereocenters. The quantitative estimate of drug-likeness (QED) is 0.839. The fourth-order valence-corrected chi connectivity index (χ4v) is 3.75. The summed E-state index contributed by atoms with van der Waals surface area (Å²) in [5, 5.41) is 11.8. The lowest BCUT2D eigenvalue weighted by molar-refractivity contribution is 0.122. The molecule has 0 unspecified atom stereocenters. The first-order chi connectivity index (χ1) is 12.8. The van der Waals surface area contributed by atoms with E-state index in [-0.39, 0.29) is 0 Å². The van der Waals surface area contributed by atoms with Crippen LogP contribution in [0, 0.1) is 5.92 Å². The number of rotatable bonds is 6. The van der Waals surface area contributed by atoms with E-state index in [9.17, 15) is 0 Å². The van der Waals surface area contributed by atoms with Gasteiger partial charge < -0.3 is 19.4 Å². The maximum absolute atomic E-state index is 5.65. The Kier molecular flexibility index (Phi) is 5.29. The van der Waals surface area contributed by atoms with Gasteiger partial charge in [-0.1, -0.05) is 6.92 Å². The van der Waals surface area contributed by atoms with Crippen LogP contribution in [0.25, 0.3) is 0 Å². The van der Waals surface area contributed by atoms with Crippen molar-refractivity contribution in [1.82, 2.24) is 20.2 Å². The summed E-state index contributed by atoms with van der Waals surface area (Å²) in [6, 6.07) is 2.48. The minimum absolute atomic E-state index is 0.431. The molecular weight excluding hydrogens is 332 g/mol. The highest BCUT2D eigenvalue weighted by molar-refractivity contribution is 5.49. The molecule has 3 heterocycles. The molecule has 1 aliphatic heterocycles. The van der Waals surface area contributed by atoms with Gasteiger partial charge in [-0.2, -0.15) is 0 Å². The summed E-state index contributed by atoms with van der Waals surface area (Å²) < 4.78 is 11.1. The number of morpholine rings is 1. The second-order valence-corrected chi connectivity index (χ2v) is 7.03. The van der Waals surface area contributed by atoms with Gasteiger partial charge in [-0.3, -0.25) is 0 Å². The van der Waals surface area contributed by atoms with Crippen molar-refractivity contribution in [1.29, 1.82) is 0 Å². The lowest BCUT2D eigenvalue weighted by Crippen LogP contribution is -2.36. The van der Waals surface area contributed by atoms with E-state index in [0.29, 0.717) is 12.0 Å². The first kappa shape index (κ1) is 17.2. The largest absolute Gasteiger partial charge is 0.425 e. The number of hydrogen-bond acceptors (Lipinski definition) is 8. The van der Waals surface area contributed by atoms with Crippen molar-refractivity contribution in [2.45, 2.75) is 45.1 Å². The van der Waals surface area contributed by atoms with Gasteiger partial charge in [-0.25, -0.2) is 9.97 Å². The molecule has 140 valence electrons. The first-order valence-electron chi connectivity index (χ1n) is 9.52. The zero-order valence-corrected chi connectivity index (χ0v) is 15.2. The maximum atomic E-state index is 5.65. The Labute approximate surface area is 153 Å². The number of aromatic nitrogens is 4. The molecule has 1 N–H and O–H groups in total. The zero-order valence-electron chi connectivity index (χ0n) is 15.2. The molecule has 0 bridgehead atoms. The molecule has 26 heavy (non-hydrogen) atoms. The van der Waals surface area contributed by atoms with E-state index < -0.39 is 0 Å². The van der Waals surface area contributed by atoms with Gasteiger partial charge in [0.15, 0.2) is 0 Å². The van der Waals surface area contributed by atoms with Gasteiger partial charge in [0, 0.05) is 38.0 Å². The molecule has 8 heteroatoms. The Bertz CT molecular complexity index is 715. The molecule has 2 fully saturated rings. The highest BCUT2D eigenvalue weighted by Gasteiger charge is 2.27. The van der Waals surface area contributed by atoms with Gasteiger partial charge in [0.2, 0.25) is 11.8 Å². The van der Waals surface area contributed by atoms with E-state index in [0.717, 1.165) is 75.4 Å². The van der Waals surface area contributed by atoms with Crippen LogP contribution in [-0.4, -0.2) is 52.5 Å². The minimum atomic E-state index is 0.431. The van der Waals surface area contributed by atoms with Crippen LogP contribution in [-0.2, 0) is 17.6 Å². The maximum Gasteiger partial charge on any atom is 0.216 e. The predicted molar refractivity (Wildman–Crippen MR) is 97.2 cm³/mol. The van der Waals surface area contributed by atoms with Crippen molar-refractivity contribution in [2.75, 3.05) is 36.5 Å². The van der Waals surface area contributed by atoms with E-state index in [1.807, 2.05) is 13.0 Å². The molecule has 0 spiro atoms. The fourth-order valence-electron chi connectivity index (χ4n) is 3.75. The number of anilines is 2. The summed E-state index contributed by atoms with van der Waals surface area (Å²) in [5.74, 6) is 3.95. The number of hydrogen-bond donors (Lipinski definition) is 1. The molecule has 0 amide bonds. The van der Waals surface area contributed by atoms with Crippen LogP contribution in [0.15, 0.2) is 16.8 Å². The molecule has 1 saturated carbocycles. The van der Waals surface area contributed by atoms with Crippen LogP contribution < -0.4 is 10.2 Å². The molecule has 2 aliphatic rings. The van der Waals surface area contributed by atoms with E-state index in [1.54, 1.807) is 6.33 Å². The van der Waals surface area contributed by atoms with Gasteiger partial charge in [-0.15, -0.1) is 10.2 Å². The SMILES string of the molecule is CCc1nnc(C[C@@H]2CC[C@H](Nc3cc(N4CCOCC4)ncn3)C2)o1. The van der Waals surface area contributed by atoms with Crippen LogP contribution >= 0.6 is 0 Å². The van der Waals surface area contributed by atoms with Crippen LogP contribution in [0.3, 0.4) is 0 Å². The van der Waals surface area contributed by atoms with Gasteiger partial charge >= 0.3 is 0 Å². The third-order valence-electron chi connectivity index (χ3n) is 5.16. The van der Waals surface area contributed by atoms with Crippen LogP contribution in [0.4, 0.5) is 11.6 Å². The normalized spacial score (nSPS) is 23.3. The lowest BCUT2D eigenvalue weighted by Gasteiger charge is -2.28. The van der Waals surface area contributed by atoms with Crippen molar-refractivity contribution in [3.63, 3.8) is 0 Å². The molecule has 2 aromatic heterocycles. The van der Waals surface area contributed by atoms with Gasteiger partial charge in [-0.05, 0) is 25.2 Å². The fraction of sp³-hybridized carbons (Fsp3) is 0.667. The Balaban J connectivity index is 1.32. The average Bonchev–Trinajstić information content (AvgIpc) is 3.32. The second-order valence-electron chi connectivity index (χ2n) is 7.03. The van der Waals surface area contributed by atoms with Crippen molar-refractivity contribution < 1.29 is 9.15 Å². The number of nitrogens with zero attached hydrogens (tertiary/aromatic N) is 5. The molecule has 4 rings (SSSR count). The zero-order chi connectivity index (χ0) is 17.8. The van der Waals surface area contributed by atoms with E-state index in [4.69, 9.17) is 9.15 Å². The van der Waals surface area contributed by atoms with Crippen LogP contribution in [0.1, 0.15) is 38.0 Å². The second kappa shape index (κ2) is 7.99. The predicted octanol–water partition coefficient (Wildman–Crippen LogP) is 2.08. The molecular formula is C18H26N6O2. The van der Waals surface area contributed by atoms with Gasteiger partial charge in [0.1, 0.15) is 18.0 Å². The third-order valence-corrected chi connectivity index (χ3v) is 5.16. The van der Waals surface area contributed by atoms with Crippen LogP contribution in [0.2, 0.25) is 0 Å². The van der Waals surface area contributed by atoms with Crippen molar-refractivity contribution in [3.05, 3.63) is 24.2 Å². The average molecular weight is 358 g/mol. The highest BCUT2D eigenvalue weighted by Crippen LogP contribution is 2.30. The summed E-state index contributed by atoms with van der Waals surface area (Å²) in [4.78, 5) is 11.1. The summed E-state index contributed by atoms with van der Waals surface area (Å²) in [7, 11) is 0. The van der Waals surface area contributed by atoms with E-state index in [1.165, 1.54) is 6.42 Å². The van der Waals surface area contributed by atoms with Crippen molar-refractivity contribution in [2.24, 2.45) is 5.92 Å². The Morgan fingerprint density at radius 2 is 2.00 bits per heavy atom. The van der Waals surface area contributed by atoms with Gasteiger partial charge in [0.05, 0.1) is 13.2 Å². The monoisotopic (exact) mass is 358 g/mol. The van der Waals surface area contributed by atoms with Crippen molar-refractivity contribution in [3.8, 4) is 0 Å². The number of ether oxygens (including phenoxy) is 1. The Morgan fingerprint density at radius 3 is 2.81 bits per heavy atom. The summed E-state index contributed by atoms with van der Waals surface area (Å²) in [5.41, 5.74) is 0. The van der Waals surface area contributed by atoms with Crippen LogP contribution in [0.5, 0.6) is 0 Å². The Morgan fingerprint density at radius 1 is 1.15 bits per heavy atom. The number of nitrogens with one attached hydrogen (secondary N) is 1. The van der Waals surface area contributed by atoms with Crippen molar-refractivity contribution >= 4 is 11.6 Å². The molecule has 1 aliphatic carbocycles. The first-order valence-corrected chi connectivity index (χ1v) is 9.52. The minimum Gasteiger partial charge on any atom is -0.425 e. The standard InChI is InChI=1S/C18H26N6O2/c1-2-17-22-23-18(26-17)10-13-3-4-14(9-13)21-15-11-16(20-12-19-15)24-5-7-25-8-6-24/h11-14H,2-10H2,1H3,(H,19,20,21)/t13-,14+/m1/s1. The molecule has 0 aromatic carbocycles. The summed E-state index contributed by atoms with van der Waals surface area (Å²) >= 11 is 0.